The van der Waals surface area contributed by atoms with Crippen molar-refractivity contribution in [3.8, 4) is 0 Å². The van der Waals surface area contributed by atoms with Crippen LogP contribution in [-0.4, -0.2) is 53.5 Å². The molecule has 0 saturated carbocycles. The second kappa shape index (κ2) is 5.83. The van der Waals surface area contributed by atoms with E-state index in [9.17, 15) is 4.79 Å². The summed E-state index contributed by atoms with van der Waals surface area (Å²) < 4.78 is 5.44. The van der Waals surface area contributed by atoms with Crippen molar-refractivity contribution >= 4 is 34.5 Å². The fraction of sp³-hybridized carbons (Fsp3) is 0.500. The molecule has 5 nitrogen and oxygen atoms in total. The minimum Gasteiger partial charge on any atom is -0.464 e. The molecule has 0 spiro atoms. The van der Waals surface area contributed by atoms with Crippen LogP contribution in [0.4, 0.5) is 5.82 Å². The zero-order valence-corrected chi connectivity index (χ0v) is 13.2. The van der Waals surface area contributed by atoms with E-state index in [1.54, 1.807) is 12.5 Å². The van der Waals surface area contributed by atoms with Gasteiger partial charge >= 0.3 is 0 Å². The third-order valence-corrected chi connectivity index (χ3v) is 5.46. The zero-order chi connectivity index (χ0) is 14.9. The molecule has 2 aliphatic rings. The molecule has 2 aromatic rings. The first-order valence-electron chi connectivity index (χ1n) is 7.76. The first kappa shape index (κ1) is 13.9. The number of hydrogen-bond acceptors (Lipinski definition) is 5. The number of fused-ring (bicyclic) bond motifs is 1. The minimum absolute atomic E-state index is 0.104. The predicted octanol–water partition coefficient (Wildman–Crippen LogP) is 2.23. The van der Waals surface area contributed by atoms with Crippen LogP contribution in [0.5, 0.6) is 0 Å². The van der Waals surface area contributed by atoms with Crippen LogP contribution in [-0.2, 0) is 4.79 Å². The van der Waals surface area contributed by atoms with Crippen LogP contribution in [0.1, 0.15) is 6.42 Å². The number of rotatable bonds is 2. The van der Waals surface area contributed by atoms with Gasteiger partial charge in [-0.05, 0) is 18.6 Å². The second-order valence-corrected chi connectivity index (χ2v) is 7.06. The number of nitrogens with zero attached hydrogens (tertiary/aromatic N) is 3. The molecule has 6 heteroatoms. The molecule has 116 valence electrons. The lowest BCUT2D eigenvalue weighted by Gasteiger charge is -2.29. The van der Waals surface area contributed by atoms with Crippen LogP contribution in [0.15, 0.2) is 29.0 Å². The van der Waals surface area contributed by atoms with Gasteiger partial charge in [0, 0.05) is 43.9 Å². The summed E-state index contributed by atoms with van der Waals surface area (Å²) in [4.78, 5) is 21.4. The molecule has 0 N–H and O–H groups in total. The largest absolute Gasteiger partial charge is 0.464 e. The first-order valence-corrected chi connectivity index (χ1v) is 8.92. The molecule has 0 aliphatic carbocycles. The molecule has 2 fully saturated rings. The fourth-order valence-corrected chi connectivity index (χ4v) is 4.23. The Hall–Kier alpha value is -1.69. The smallest absolute Gasteiger partial charge is 0.227 e. The lowest BCUT2D eigenvalue weighted by Crippen LogP contribution is -2.42. The Morgan fingerprint density at radius 1 is 1.27 bits per heavy atom. The highest BCUT2D eigenvalue weighted by Crippen LogP contribution is 2.30. The van der Waals surface area contributed by atoms with E-state index < -0.39 is 0 Å². The number of furan rings is 1. The summed E-state index contributed by atoms with van der Waals surface area (Å²) in [6.45, 7) is 3.45. The SMILES string of the molecule is O=C(C1CCN(c2nccc3occc23)C1)N1CCSCC1. The molecule has 2 saturated heterocycles. The van der Waals surface area contributed by atoms with Gasteiger partial charge in [-0.2, -0.15) is 11.8 Å². The highest BCUT2D eigenvalue weighted by atomic mass is 32.2. The van der Waals surface area contributed by atoms with Crippen molar-refractivity contribution in [1.29, 1.82) is 0 Å². The van der Waals surface area contributed by atoms with Gasteiger partial charge in [-0.25, -0.2) is 4.98 Å². The molecule has 0 radical (unpaired) electrons. The summed E-state index contributed by atoms with van der Waals surface area (Å²) >= 11 is 1.93. The van der Waals surface area contributed by atoms with Gasteiger partial charge in [0.25, 0.3) is 0 Å². The Morgan fingerprint density at radius 2 is 2.14 bits per heavy atom. The number of amides is 1. The summed E-state index contributed by atoms with van der Waals surface area (Å²) in [6.07, 6.45) is 4.39. The van der Waals surface area contributed by atoms with Gasteiger partial charge in [0.1, 0.15) is 11.4 Å². The van der Waals surface area contributed by atoms with E-state index in [0.717, 1.165) is 60.9 Å². The lowest BCUT2D eigenvalue weighted by atomic mass is 10.1. The number of carbonyl (C=O) groups is 1. The monoisotopic (exact) mass is 317 g/mol. The Balaban J connectivity index is 1.50. The zero-order valence-electron chi connectivity index (χ0n) is 12.4. The molecule has 0 aromatic carbocycles. The van der Waals surface area contributed by atoms with Gasteiger partial charge < -0.3 is 14.2 Å². The summed E-state index contributed by atoms with van der Waals surface area (Å²) in [5.41, 5.74) is 0.854. The molecule has 2 aliphatic heterocycles. The number of carbonyl (C=O) groups excluding carboxylic acids is 1. The van der Waals surface area contributed by atoms with E-state index in [0.29, 0.717) is 5.91 Å². The number of anilines is 1. The molecule has 2 aromatic heterocycles. The molecule has 1 atom stereocenters. The van der Waals surface area contributed by atoms with E-state index in [-0.39, 0.29) is 5.92 Å². The molecular formula is C16H19N3O2S. The summed E-state index contributed by atoms with van der Waals surface area (Å²) in [7, 11) is 0. The van der Waals surface area contributed by atoms with Gasteiger partial charge in [0.05, 0.1) is 17.6 Å². The van der Waals surface area contributed by atoms with E-state index in [1.165, 1.54) is 0 Å². The molecule has 22 heavy (non-hydrogen) atoms. The molecular weight excluding hydrogens is 298 g/mol. The third kappa shape index (κ3) is 2.45. The maximum absolute atomic E-state index is 12.6. The highest BCUT2D eigenvalue weighted by molar-refractivity contribution is 7.99. The predicted molar refractivity (Wildman–Crippen MR) is 88.2 cm³/mol. The van der Waals surface area contributed by atoms with Crippen molar-refractivity contribution < 1.29 is 9.21 Å². The first-order chi connectivity index (χ1) is 10.8. The van der Waals surface area contributed by atoms with Crippen LogP contribution in [0, 0.1) is 5.92 Å². The molecule has 4 heterocycles. The van der Waals surface area contributed by atoms with Gasteiger partial charge in [-0.15, -0.1) is 0 Å². The molecule has 1 unspecified atom stereocenters. The van der Waals surface area contributed by atoms with Crippen LogP contribution in [0.25, 0.3) is 11.0 Å². The van der Waals surface area contributed by atoms with Crippen molar-refractivity contribution in [3.05, 3.63) is 24.6 Å². The number of aromatic nitrogens is 1. The van der Waals surface area contributed by atoms with E-state index in [1.807, 2.05) is 28.8 Å². The Morgan fingerprint density at radius 3 is 3.00 bits per heavy atom. The van der Waals surface area contributed by atoms with E-state index in [2.05, 4.69) is 9.88 Å². The average molecular weight is 317 g/mol. The van der Waals surface area contributed by atoms with Gasteiger partial charge in [-0.1, -0.05) is 0 Å². The van der Waals surface area contributed by atoms with Crippen molar-refractivity contribution in [1.82, 2.24) is 9.88 Å². The minimum atomic E-state index is 0.104. The normalized spacial score (nSPS) is 22.5. The van der Waals surface area contributed by atoms with Crippen LogP contribution in [0.2, 0.25) is 0 Å². The number of pyridine rings is 1. The van der Waals surface area contributed by atoms with Crippen molar-refractivity contribution in [2.45, 2.75) is 6.42 Å². The number of hydrogen-bond donors (Lipinski definition) is 0. The standard InChI is InChI=1S/C16H19N3O2S/c20-16(18-6-9-22-10-7-18)12-2-5-19(11-12)15-13-3-8-21-14(13)1-4-17-15/h1,3-4,8,12H,2,5-7,9-11H2. The van der Waals surface area contributed by atoms with Gasteiger partial charge in [0.15, 0.2) is 0 Å². The maximum Gasteiger partial charge on any atom is 0.227 e. The van der Waals surface area contributed by atoms with Gasteiger partial charge in [-0.3, -0.25) is 4.79 Å². The quantitative estimate of drug-likeness (QED) is 0.850. The fourth-order valence-electron chi connectivity index (χ4n) is 3.33. The van der Waals surface area contributed by atoms with Crippen molar-refractivity contribution in [2.75, 3.05) is 42.6 Å². The Bertz CT molecular complexity index is 681. The van der Waals surface area contributed by atoms with Crippen molar-refractivity contribution in [2.24, 2.45) is 5.92 Å². The third-order valence-electron chi connectivity index (χ3n) is 4.52. The Labute approximate surface area is 133 Å². The summed E-state index contributed by atoms with van der Waals surface area (Å²) in [5.74, 6) is 3.50. The lowest BCUT2D eigenvalue weighted by molar-refractivity contribution is -0.134. The molecule has 1 amide bonds. The van der Waals surface area contributed by atoms with Crippen LogP contribution >= 0.6 is 11.8 Å². The van der Waals surface area contributed by atoms with E-state index in [4.69, 9.17) is 4.42 Å². The highest BCUT2D eigenvalue weighted by Gasteiger charge is 2.33. The maximum atomic E-state index is 12.6. The second-order valence-electron chi connectivity index (χ2n) is 5.84. The molecule has 0 bridgehead atoms. The summed E-state index contributed by atoms with van der Waals surface area (Å²) in [6, 6.07) is 3.83. The summed E-state index contributed by atoms with van der Waals surface area (Å²) in [5, 5.41) is 1.03. The average Bonchev–Trinajstić information content (AvgIpc) is 3.24. The van der Waals surface area contributed by atoms with Crippen molar-refractivity contribution in [3.63, 3.8) is 0 Å². The van der Waals surface area contributed by atoms with E-state index >= 15 is 0 Å². The number of thioether (sulfide) groups is 1. The Kier molecular flexibility index (Phi) is 3.70. The topological polar surface area (TPSA) is 49.6 Å². The van der Waals surface area contributed by atoms with Crippen LogP contribution < -0.4 is 4.90 Å². The van der Waals surface area contributed by atoms with Gasteiger partial charge in [0.2, 0.25) is 5.91 Å². The molecule has 4 rings (SSSR count). The van der Waals surface area contributed by atoms with Crippen LogP contribution in [0.3, 0.4) is 0 Å².